The summed E-state index contributed by atoms with van der Waals surface area (Å²) in [6.45, 7) is 5.40. The molecule has 1 aromatic heterocycles. The van der Waals surface area contributed by atoms with Crippen molar-refractivity contribution in [2.75, 3.05) is 20.3 Å². The van der Waals surface area contributed by atoms with Crippen molar-refractivity contribution >= 4 is 11.9 Å². The van der Waals surface area contributed by atoms with Gasteiger partial charge in [0.25, 0.3) is 0 Å². The highest BCUT2D eigenvalue weighted by atomic mass is 16.5. The third kappa shape index (κ3) is 14.0. The van der Waals surface area contributed by atoms with Crippen molar-refractivity contribution in [1.82, 2.24) is 4.98 Å². The fraction of sp³-hybridized carbons (Fsp3) is 0.741. The highest BCUT2D eigenvalue weighted by Gasteiger charge is 2.19. The van der Waals surface area contributed by atoms with Gasteiger partial charge in [0.2, 0.25) is 0 Å². The monoisotopic (exact) mass is 463 g/mol. The molecule has 1 heterocycles. The summed E-state index contributed by atoms with van der Waals surface area (Å²) in [7, 11) is 1.67. The van der Waals surface area contributed by atoms with Gasteiger partial charge in [-0.1, -0.05) is 77.7 Å². The van der Waals surface area contributed by atoms with Crippen LogP contribution in [0.2, 0.25) is 0 Å². The third-order valence-electron chi connectivity index (χ3n) is 5.68. The second kappa shape index (κ2) is 19.5. The summed E-state index contributed by atoms with van der Waals surface area (Å²) in [6, 6.07) is 4.80. The SMILES string of the molecule is CCCCCCCCCOC(=O)c1cccc(C(=O)OC(CCCCCC)CCCOC)n1. The minimum absolute atomic E-state index is 0.144. The standard InChI is InChI=1S/C27H45NO5/c1-4-6-8-10-11-12-14-22-32-26(29)24-19-15-20-25(28-24)27(30)33-23(18-16-21-31-3)17-13-9-7-5-2/h15,19-20,23H,4-14,16-18,21-22H2,1-3H3. The molecular weight excluding hydrogens is 418 g/mol. The van der Waals surface area contributed by atoms with E-state index in [2.05, 4.69) is 18.8 Å². The van der Waals surface area contributed by atoms with Gasteiger partial charge in [-0.25, -0.2) is 14.6 Å². The second-order valence-corrected chi connectivity index (χ2v) is 8.68. The summed E-state index contributed by atoms with van der Waals surface area (Å²) in [5.74, 6) is -0.985. The van der Waals surface area contributed by atoms with E-state index in [1.807, 2.05) is 0 Å². The Balaban J connectivity index is 2.50. The number of rotatable bonds is 20. The molecule has 0 aromatic carbocycles. The molecule has 0 aliphatic rings. The summed E-state index contributed by atoms with van der Waals surface area (Å²) >= 11 is 0. The highest BCUT2D eigenvalue weighted by molar-refractivity contribution is 5.91. The number of nitrogens with zero attached hydrogens (tertiary/aromatic N) is 1. The smallest absolute Gasteiger partial charge is 0.357 e. The van der Waals surface area contributed by atoms with Crippen molar-refractivity contribution < 1.29 is 23.8 Å². The van der Waals surface area contributed by atoms with E-state index in [9.17, 15) is 9.59 Å². The van der Waals surface area contributed by atoms with Gasteiger partial charge < -0.3 is 14.2 Å². The number of unbranched alkanes of at least 4 members (excludes halogenated alkanes) is 9. The minimum Gasteiger partial charge on any atom is -0.461 e. The van der Waals surface area contributed by atoms with E-state index in [1.165, 1.54) is 44.9 Å². The largest absolute Gasteiger partial charge is 0.461 e. The molecule has 1 unspecified atom stereocenters. The highest BCUT2D eigenvalue weighted by Crippen LogP contribution is 2.16. The van der Waals surface area contributed by atoms with Crippen LogP contribution in [-0.4, -0.2) is 43.4 Å². The number of hydrogen-bond acceptors (Lipinski definition) is 6. The van der Waals surface area contributed by atoms with Crippen LogP contribution < -0.4 is 0 Å². The summed E-state index contributed by atoms with van der Waals surface area (Å²) in [4.78, 5) is 29.2. The number of methoxy groups -OCH3 is 1. The molecule has 0 fully saturated rings. The van der Waals surface area contributed by atoms with Crippen LogP contribution in [0.4, 0.5) is 0 Å². The predicted molar refractivity (Wildman–Crippen MR) is 132 cm³/mol. The number of aromatic nitrogens is 1. The van der Waals surface area contributed by atoms with Crippen molar-refractivity contribution in [3.05, 3.63) is 29.6 Å². The number of ether oxygens (including phenoxy) is 3. The topological polar surface area (TPSA) is 74.7 Å². The molecule has 0 aliphatic carbocycles. The Morgan fingerprint density at radius 1 is 0.758 bits per heavy atom. The Kier molecular flexibility index (Phi) is 17.2. The van der Waals surface area contributed by atoms with E-state index >= 15 is 0 Å². The van der Waals surface area contributed by atoms with Gasteiger partial charge in [0.15, 0.2) is 0 Å². The molecule has 0 saturated carbocycles. The van der Waals surface area contributed by atoms with Gasteiger partial charge >= 0.3 is 11.9 Å². The van der Waals surface area contributed by atoms with Crippen LogP contribution in [0.25, 0.3) is 0 Å². The predicted octanol–water partition coefficient (Wildman–Crippen LogP) is 6.91. The zero-order valence-corrected chi connectivity index (χ0v) is 21.1. The third-order valence-corrected chi connectivity index (χ3v) is 5.68. The molecule has 0 spiro atoms. The molecule has 0 saturated heterocycles. The first-order chi connectivity index (χ1) is 16.1. The lowest BCUT2D eigenvalue weighted by molar-refractivity contribution is 0.0225. The van der Waals surface area contributed by atoms with Gasteiger partial charge in [-0.05, 0) is 44.2 Å². The normalized spacial score (nSPS) is 11.8. The molecule has 0 radical (unpaired) electrons. The van der Waals surface area contributed by atoms with Crippen molar-refractivity contribution in [3.63, 3.8) is 0 Å². The van der Waals surface area contributed by atoms with Crippen molar-refractivity contribution in [1.29, 1.82) is 0 Å². The average Bonchev–Trinajstić information content (AvgIpc) is 2.83. The summed E-state index contributed by atoms with van der Waals surface area (Å²) in [5.41, 5.74) is 0.289. The van der Waals surface area contributed by atoms with Crippen LogP contribution >= 0.6 is 0 Å². The average molecular weight is 464 g/mol. The van der Waals surface area contributed by atoms with E-state index in [4.69, 9.17) is 14.2 Å². The molecular formula is C27H45NO5. The van der Waals surface area contributed by atoms with E-state index in [1.54, 1.807) is 25.3 Å². The summed E-state index contributed by atoms with van der Waals surface area (Å²) in [6.07, 6.45) is 14.9. The maximum absolute atomic E-state index is 12.7. The molecule has 33 heavy (non-hydrogen) atoms. The number of carbonyl (C=O) groups excluding carboxylic acids is 2. The molecule has 1 rings (SSSR count). The summed E-state index contributed by atoms with van der Waals surface area (Å²) < 4.78 is 16.2. The first-order valence-electron chi connectivity index (χ1n) is 13.0. The van der Waals surface area contributed by atoms with Gasteiger partial charge in [-0.2, -0.15) is 0 Å². The first kappa shape index (κ1) is 29.1. The molecule has 6 heteroatoms. The Bertz CT molecular complexity index is 649. The molecule has 1 aromatic rings. The van der Waals surface area contributed by atoms with Crippen LogP contribution in [0, 0.1) is 0 Å². The van der Waals surface area contributed by atoms with Crippen molar-refractivity contribution in [2.45, 2.75) is 110 Å². The fourth-order valence-electron chi connectivity index (χ4n) is 3.69. The lowest BCUT2D eigenvalue weighted by Crippen LogP contribution is -2.21. The molecule has 188 valence electrons. The Morgan fingerprint density at radius 3 is 2.00 bits per heavy atom. The Hall–Kier alpha value is -1.95. The summed E-state index contributed by atoms with van der Waals surface area (Å²) in [5, 5.41) is 0. The number of esters is 2. The molecule has 0 amide bonds. The molecule has 1 atom stereocenters. The lowest BCUT2D eigenvalue weighted by Gasteiger charge is -2.18. The van der Waals surface area contributed by atoms with E-state index in [0.29, 0.717) is 13.2 Å². The maximum atomic E-state index is 12.7. The molecule has 0 bridgehead atoms. The van der Waals surface area contributed by atoms with Gasteiger partial charge in [0, 0.05) is 13.7 Å². The van der Waals surface area contributed by atoms with E-state index in [0.717, 1.165) is 44.9 Å². The van der Waals surface area contributed by atoms with Gasteiger partial charge in [0.1, 0.15) is 17.5 Å². The van der Waals surface area contributed by atoms with E-state index < -0.39 is 11.9 Å². The molecule has 6 nitrogen and oxygen atoms in total. The van der Waals surface area contributed by atoms with Crippen LogP contribution in [0.1, 0.15) is 125 Å². The van der Waals surface area contributed by atoms with Crippen LogP contribution in [0.15, 0.2) is 18.2 Å². The number of pyridine rings is 1. The van der Waals surface area contributed by atoms with Crippen molar-refractivity contribution in [3.8, 4) is 0 Å². The van der Waals surface area contributed by atoms with Gasteiger partial charge in [-0.3, -0.25) is 0 Å². The zero-order chi connectivity index (χ0) is 24.2. The number of hydrogen-bond donors (Lipinski definition) is 0. The van der Waals surface area contributed by atoms with E-state index in [-0.39, 0.29) is 17.5 Å². The first-order valence-corrected chi connectivity index (χ1v) is 13.0. The van der Waals surface area contributed by atoms with Gasteiger partial charge in [-0.15, -0.1) is 0 Å². The van der Waals surface area contributed by atoms with Gasteiger partial charge in [0.05, 0.1) is 6.61 Å². The van der Waals surface area contributed by atoms with Crippen LogP contribution in [0.5, 0.6) is 0 Å². The lowest BCUT2D eigenvalue weighted by atomic mass is 10.1. The fourth-order valence-corrected chi connectivity index (χ4v) is 3.69. The second-order valence-electron chi connectivity index (χ2n) is 8.68. The molecule has 0 aliphatic heterocycles. The van der Waals surface area contributed by atoms with Crippen LogP contribution in [-0.2, 0) is 14.2 Å². The Morgan fingerprint density at radius 2 is 1.33 bits per heavy atom. The van der Waals surface area contributed by atoms with Crippen LogP contribution in [0.3, 0.4) is 0 Å². The van der Waals surface area contributed by atoms with Crippen molar-refractivity contribution in [2.24, 2.45) is 0 Å². The molecule has 0 N–H and O–H groups in total. The Labute approximate surface area is 200 Å². The minimum atomic E-state index is -0.494. The zero-order valence-electron chi connectivity index (χ0n) is 21.1. The number of carbonyl (C=O) groups is 2. The maximum Gasteiger partial charge on any atom is 0.357 e. The quantitative estimate of drug-likeness (QED) is 0.154.